The fraction of sp³-hybridized carbons (Fsp3) is 0.900. The molecule has 2 N–H and O–H groups in total. The van der Waals surface area contributed by atoms with Gasteiger partial charge >= 0.3 is 0 Å². The maximum absolute atomic E-state index is 10.8. The Bertz CT molecular complexity index is 176. The predicted octanol–water partition coefficient (Wildman–Crippen LogP) is 0.982. The van der Waals surface area contributed by atoms with E-state index in [1.807, 2.05) is 0 Å². The van der Waals surface area contributed by atoms with Crippen LogP contribution in [0.25, 0.3) is 0 Å². The summed E-state index contributed by atoms with van der Waals surface area (Å²) in [6.07, 6.45) is 3.64. The van der Waals surface area contributed by atoms with Crippen LogP contribution in [0.15, 0.2) is 0 Å². The summed E-state index contributed by atoms with van der Waals surface area (Å²) >= 11 is 0. The van der Waals surface area contributed by atoms with E-state index in [0.717, 1.165) is 13.0 Å². The molecule has 13 heavy (non-hydrogen) atoms. The first-order valence-electron chi connectivity index (χ1n) is 5.12. The molecule has 0 aliphatic heterocycles. The summed E-state index contributed by atoms with van der Waals surface area (Å²) in [5.41, 5.74) is 5.18. The summed E-state index contributed by atoms with van der Waals surface area (Å²) < 4.78 is 0. The van der Waals surface area contributed by atoms with Crippen molar-refractivity contribution in [1.82, 2.24) is 4.90 Å². The minimum absolute atomic E-state index is 0.198. The highest BCUT2D eigenvalue weighted by molar-refractivity contribution is 5.76. The highest BCUT2D eigenvalue weighted by atomic mass is 16.1. The van der Waals surface area contributed by atoms with E-state index in [-0.39, 0.29) is 5.91 Å². The standard InChI is InChI=1S/C10H20N2O/c1-8(2)5-6-12(7-10(11)13)9-3-4-9/h8-9H,3-7H2,1-2H3,(H2,11,13). The molecule has 0 saturated heterocycles. The Labute approximate surface area is 80.3 Å². The van der Waals surface area contributed by atoms with E-state index >= 15 is 0 Å². The number of carbonyl (C=O) groups is 1. The van der Waals surface area contributed by atoms with Crippen LogP contribution in [0.3, 0.4) is 0 Å². The molecule has 3 heteroatoms. The van der Waals surface area contributed by atoms with Crippen LogP contribution in [-0.4, -0.2) is 29.9 Å². The summed E-state index contributed by atoms with van der Waals surface area (Å²) in [5, 5.41) is 0. The molecule has 0 heterocycles. The molecule has 0 aromatic carbocycles. The monoisotopic (exact) mass is 184 g/mol. The van der Waals surface area contributed by atoms with Crippen LogP contribution >= 0.6 is 0 Å². The second kappa shape index (κ2) is 4.61. The molecule has 0 aromatic rings. The lowest BCUT2D eigenvalue weighted by molar-refractivity contribution is -0.119. The van der Waals surface area contributed by atoms with Crippen molar-refractivity contribution >= 4 is 5.91 Å². The first kappa shape index (κ1) is 10.5. The molecular weight excluding hydrogens is 164 g/mol. The molecule has 0 atom stereocenters. The van der Waals surface area contributed by atoms with Gasteiger partial charge in [-0.05, 0) is 31.7 Å². The van der Waals surface area contributed by atoms with Crippen LogP contribution < -0.4 is 5.73 Å². The third kappa shape index (κ3) is 4.27. The van der Waals surface area contributed by atoms with Crippen LogP contribution in [0.5, 0.6) is 0 Å². The Hall–Kier alpha value is -0.570. The zero-order valence-electron chi connectivity index (χ0n) is 8.62. The molecule has 1 aliphatic rings. The number of primary amides is 1. The van der Waals surface area contributed by atoms with Crippen molar-refractivity contribution in [1.29, 1.82) is 0 Å². The first-order chi connectivity index (χ1) is 6.09. The zero-order chi connectivity index (χ0) is 9.84. The van der Waals surface area contributed by atoms with Crippen LogP contribution in [0.2, 0.25) is 0 Å². The van der Waals surface area contributed by atoms with Gasteiger partial charge in [0.05, 0.1) is 6.54 Å². The van der Waals surface area contributed by atoms with E-state index in [9.17, 15) is 4.79 Å². The van der Waals surface area contributed by atoms with Crippen LogP contribution in [0.4, 0.5) is 0 Å². The van der Waals surface area contributed by atoms with Gasteiger partial charge < -0.3 is 5.73 Å². The largest absolute Gasteiger partial charge is 0.369 e. The summed E-state index contributed by atoms with van der Waals surface area (Å²) in [6.45, 7) is 5.87. The van der Waals surface area contributed by atoms with Crippen molar-refractivity contribution in [3.63, 3.8) is 0 Å². The number of amides is 1. The van der Waals surface area contributed by atoms with Crippen molar-refractivity contribution in [2.75, 3.05) is 13.1 Å². The van der Waals surface area contributed by atoms with Gasteiger partial charge in [-0.2, -0.15) is 0 Å². The maximum atomic E-state index is 10.8. The fourth-order valence-electron chi connectivity index (χ4n) is 1.45. The molecule has 0 bridgehead atoms. The minimum atomic E-state index is -0.198. The lowest BCUT2D eigenvalue weighted by atomic mass is 10.1. The fourth-order valence-corrected chi connectivity index (χ4v) is 1.45. The lowest BCUT2D eigenvalue weighted by Crippen LogP contribution is -2.36. The molecular formula is C10H20N2O. The number of nitrogens with zero attached hydrogens (tertiary/aromatic N) is 1. The van der Waals surface area contributed by atoms with Gasteiger partial charge in [0, 0.05) is 6.04 Å². The number of nitrogens with two attached hydrogens (primary N) is 1. The van der Waals surface area contributed by atoms with E-state index < -0.39 is 0 Å². The summed E-state index contributed by atoms with van der Waals surface area (Å²) in [5.74, 6) is 0.504. The van der Waals surface area contributed by atoms with Gasteiger partial charge in [-0.3, -0.25) is 9.69 Å². The molecule has 76 valence electrons. The minimum Gasteiger partial charge on any atom is -0.369 e. The van der Waals surface area contributed by atoms with Crippen molar-refractivity contribution in [2.24, 2.45) is 11.7 Å². The normalized spacial score (nSPS) is 16.9. The van der Waals surface area contributed by atoms with E-state index in [1.54, 1.807) is 0 Å². The molecule has 1 amide bonds. The molecule has 0 aromatic heterocycles. The molecule has 0 spiro atoms. The predicted molar refractivity (Wildman–Crippen MR) is 53.2 cm³/mol. The van der Waals surface area contributed by atoms with Crippen LogP contribution in [0.1, 0.15) is 33.1 Å². The highest BCUT2D eigenvalue weighted by Crippen LogP contribution is 2.26. The molecule has 0 radical (unpaired) electrons. The smallest absolute Gasteiger partial charge is 0.231 e. The lowest BCUT2D eigenvalue weighted by Gasteiger charge is -2.20. The van der Waals surface area contributed by atoms with Gasteiger partial charge in [0.25, 0.3) is 0 Å². The van der Waals surface area contributed by atoms with Gasteiger partial charge in [0.1, 0.15) is 0 Å². The maximum Gasteiger partial charge on any atom is 0.231 e. The number of hydrogen-bond acceptors (Lipinski definition) is 2. The Morgan fingerprint density at radius 1 is 1.54 bits per heavy atom. The molecule has 3 nitrogen and oxygen atoms in total. The molecule has 1 saturated carbocycles. The van der Waals surface area contributed by atoms with E-state index in [2.05, 4.69) is 18.7 Å². The van der Waals surface area contributed by atoms with Crippen molar-refractivity contribution in [3.8, 4) is 0 Å². The Morgan fingerprint density at radius 3 is 2.54 bits per heavy atom. The Balaban J connectivity index is 2.25. The third-order valence-corrected chi connectivity index (χ3v) is 2.42. The molecule has 1 rings (SSSR count). The van der Waals surface area contributed by atoms with E-state index in [4.69, 9.17) is 5.73 Å². The third-order valence-electron chi connectivity index (χ3n) is 2.42. The van der Waals surface area contributed by atoms with Gasteiger partial charge in [-0.15, -0.1) is 0 Å². The molecule has 0 unspecified atom stereocenters. The molecule has 1 aliphatic carbocycles. The Morgan fingerprint density at radius 2 is 2.15 bits per heavy atom. The van der Waals surface area contributed by atoms with Gasteiger partial charge in [-0.1, -0.05) is 13.8 Å². The number of carbonyl (C=O) groups excluding carboxylic acids is 1. The topological polar surface area (TPSA) is 46.3 Å². The quantitative estimate of drug-likeness (QED) is 0.669. The average molecular weight is 184 g/mol. The van der Waals surface area contributed by atoms with E-state index in [1.165, 1.54) is 12.8 Å². The summed E-state index contributed by atoms with van der Waals surface area (Å²) in [7, 11) is 0. The second-order valence-corrected chi connectivity index (χ2v) is 4.35. The number of rotatable bonds is 6. The van der Waals surface area contributed by atoms with Crippen LogP contribution in [0, 0.1) is 5.92 Å². The number of hydrogen-bond donors (Lipinski definition) is 1. The zero-order valence-corrected chi connectivity index (χ0v) is 8.62. The average Bonchev–Trinajstić information content (AvgIpc) is 2.78. The van der Waals surface area contributed by atoms with E-state index in [0.29, 0.717) is 18.5 Å². The first-order valence-corrected chi connectivity index (χ1v) is 5.12. The van der Waals surface area contributed by atoms with Crippen molar-refractivity contribution in [3.05, 3.63) is 0 Å². The van der Waals surface area contributed by atoms with Gasteiger partial charge in [0.15, 0.2) is 0 Å². The highest BCUT2D eigenvalue weighted by Gasteiger charge is 2.29. The molecule has 1 fully saturated rings. The van der Waals surface area contributed by atoms with Crippen LogP contribution in [-0.2, 0) is 4.79 Å². The van der Waals surface area contributed by atoms with Crippen molar-refractivity contribution < 1.29 is 4.79 Å². The summed E-state index contributed by atoms with van der Waals surface area (Å²) in [4.78, 5) is 13.0. The van der Waals surface area contributed by atoms with Gasteiger partial charge in [-0.25, -0.2) is 0 Å². The summed E-state index contributed by atoms with van der Waals surface area (Å²) in [6, 6.07) is 0.645. The van der Waals surface area contributed by atoms with Gasteiger partial charge in [0.2, 0.25) is 5.91 Å². The second-order valence-electron chi connectivity index (χ2n) is 4.35. The Kier molecular flexibility index (Phi) is 3.72. The van der Waals surface area contributed by atoms with Crippen molar-refractivity contribution in [2.45, 2.75) is 39.2 Å². The SMILES string of the molecule is CC(C)CCN(CC(N)=O)C1CC1.